The molecular formula is C67H82FN11O5S. The van der Waals surface area contributed by atoms with Crippen molar-refractivity contribution in [2.75, 3.05) is 73.6 Å². The Balaban J connectivity index is 0.637. The van der Waals surface area contributed by atoms with Crippen LogP contribution >= 0.6 is 11.3 Å². The van der Waals surface area contributed by atoms with Gasteiger partial charge in [-0.2, -0.15) is 4.98 Å². The summed E-state index contributed by atoms with van der Waals surface area (Å²) in [6, 6.07) is 19.7. The number of thiazole rings is 1. The van der Waals surface area contributed by atoms with Gasteiger partial charge in [0, 0.05) is 93.5 Å². The Kier molecular flexibility index (Phi) is 16.1. The summed E-state index contributed by atoms with van der Waals surface area (Å²) < 4.78 is 24.1. The molecule has 18 heteroatoms. The number of phenolic OH excluding ortho intramolecular Hbond substituents is 1. The zero-order valence-electron chi connectivity index (χ0n) is 50.0. The lowest BCUT2D eigenvalue weighted by Crippen LogP contribution is -2.51. The molecule has 7 aliphatic rings. The van der Waals surface area contributed by atoms with Crippen LogP contribution in [-0.2, 0) is 16.0 Å². The number of anilines is 3. The summed E-state index contributed by atoms with van der Waals surface area (Å²) >= 11 is 1.60. The first-order chi connectivity index (χ1) is 41.2. The van der Waals surface area contributed by atoms with E-state index >= 15 is 4.39 Å². The maximum absolute atomic E-state index is 18.2. The van der Waals surface area contributed by atoms with Gasteiger partial charge in [-0.1, -0.05) is 87.5 Å². The highest BCUT2D eigenvalue weighted by Crippen LogP contribution is 2.47. The number of hydrogen-bond donors (Lipinski definition) is 4. The second kappa shape index (κ2) is 23.9. The van der Waals surface area contributed by atoms with E-state index in [1.54, 1.807) is 23.5 Å². The fourth-order valence-electron chi connectivity index (χ4n) is 15.2. The quantitative estimate of drug-likeness (QED) is 0.0719. The van der Waals surface area contributed by atoms with E-state index < -0.39 is 18.1 Å². The highest BCUT2D eigenvalue weighted by atomic mass is 32.1. The lowest BCUT2D eigenvalue weighted by molar-refractivity contribution is -0.141. The highest BCUT2D eigenvalue weighted by molar-refractivity contribution is 7.13. The zero-order chi connectivity index (χ0) is 58.8. The fraction of sp³-hybridized carbons (Fsp3) is 0.522. The molecule has 0 radical (unpaired) electrons. The molecule has 2 amide bonds. The van der Waals surface area contributed by atoms with Gasteiger partial charge in [-0.15, -0.1) is 11.3 Å². The molecule has 0 saturated carbocycles. The molecule has 6 aromatic rings. The Hall–Kier alpha value is -6.73. The molecule has 2 bridgehead atoms. The van der Waals surface area contributed by atoms with Crippen molar-refractivity contribution in [3.8, 4) is 16.2 Å². The normalized spacial score (nSPS) is 24.6. The van der Waals surface area contributed by atoms with Crippen LogP contribution in [0.2, 0.25) is 0 Å². The van der Waals surface area contributed by atoms with Gasteiger partial charge in [0.25, 0.3) is 0 Å². The molecule has 6 aliphatic heterocycles. The van der Waals surface area contributed by atoms with Crippen molar-refractivity contribution in [1.82, 2.24) is 40.5 Å². The molecule has 6 fully saturated rings. The minimum absolute atomic E-state index is 0.0774. The number of β-amino-alcohol motifs (C(OH)–C–C–N with tert-alkyl or cyclic N) is 1. The van der Waals surface area contributed by atoms with Gasteiger partial charge in [0.15, 0.2) is 17.4 Å². The summed E-state index contributed by atoms with van der Waals surface area (Å²) in [6.45, 7) is 19.3. The second-order valence-corrected chi connectivity index (χ2v) is 26.7. The summed E-state index contributed by atoms with van der Waals surface area (Å²) in [5, 5.41) is 35.2. The van der Waals surface area contributed by atoms with Gasteiger partial charge in [0.05, 0.1) is 28.2 Å². The molecular weight excluding hydrogens is 1090 g/mol. The number of nitrogens with zero attached hydrogens (tertiary/aromatic N) is 9. The van der Waals surface area contributed by atoms with Gasteiger partial charge in [0.1, 0.15) is 29.2 Å². The first kappa shape index (κ1) is 57.3. The van der Waals surface area contributed by atoms with Crippen LogP contribution in [0.1, 0.15) is 137 Å². The minimum atomic E-state index is -0.811. The molecule has 1 aliphatic carbocycles. The number of hydrogen-bond acceptors (Lipinski definition) is 15. The number of aromatic nitrogens is 4. The molecule has 3 unspecified atom stereocenters. The van der Waals surface area contributed by atoms with Crippen LogP contribution in [0.5, 0.6) is 5.75 Å². The van der Waals surface area contributed by atoms with Crippen LogP contribution in [0, 0.1) is 30.6 Å². The zero-order valence-corrected chi connectivity index (χ0v) is 50.8. The molecule has 9 heterocycles. The predicted molar refractivity (Wildman–Crippen MR) is 334 cm³/mol. The number of allylic oxidation sites excluding steroid dienone is 2. The van der Waals surface area contributed by atoms with Gasteiger partial charge < -0.3 is 45.0 Å². The van der Waals surface area contributed by atoms with Crippen LogP contribution in [0.3, 0.4) is 0 Å². The molecule has 8 atom stereocenters. The summed E-state index contributed by atoms with van der Waals surface area (Å²) in [4.78, 5) is 55.6. The van der Waals surface area contributed by atoms with Crippen molar-refractivity contribution in [1.29, 1.82) is 0 Å². The number of fused-ring (bicyclic) bond motifs is 4. The molecule has 6 saturated heterocycles. The molecule has 85 heavy (non-hydrogen) atoms. The third-order valence-electron chi connectivity index (χ3n) is 19.9. The molecule has 16 nitrogen and oxygen atoms in total. The van der Waals surface area contributed by atoms with Gasteiger partial charge in [-0.05, 0) is 141 Å². The van der Waals surface area contributed by atoms with E-state index in [2.05, 4.69) is 72.4 Å². The third-order valence-corrected chi connectivity index (χ3v) is 20.8. The number of aliphatic hydroxyl groups excluding tert-OH is 1. The molecule has 0 spiro atoms. The van der Waals surface area contributed by atoms with Crippen molar-refractivity contribution in [3.63, 3.8) is 0 Å². The van der Waals surface area contributed by atoms with Gasteiger partial charge in [0.2, 0.25) is 17.8 Å². The van der Waals surface area contributed by atoms with Gasteiger partial charge in [-0.3, -0.25) is 14.5 Å². The fourth-order valence-corrected chi connectivity index (χ4v) is 16.0. The molecule has 3 aromatic heterocycles. The van der Waals surface area contributed by atoms with Crippen LogP contribution in [0.4, 0.5) is 22.0 Å². The number of amides is 2. The lowest BCUT2D eigenvalue weighted by atomic mass is 9.83. The maximum Gasteiger partial charge on any atom is 0.243 e. The van der Waals surface area contributed by atoms with Gasteiger partial charge >= 0.3 is 0 Å². The van der Waals surface area contributed by atoms with Crippen molar-refractivity contribution >= 4 is 69.0 Å². The third kappa shape index (κ3) is 11.2. The van der Waals surface area contributed by atoms with E-state index in [0.717, 1.165) is 158 Å². The van der Waals surface area contributed by atoms with Crippen molar-refractivity contribution in [3.05, 3.63) is 112 Å². The Morgan fingerprint density at radius 3 is 2.38 bits per heavy atom. The van der Waals surface area contributed by atoms with E-state index in [1.807, 2.05) is 75.7 Å². The number of halogens is 1. The first-order valence-corrected chi connectivity index (χ1v) is 32.3. The summed E-state index contributed by atoms with van der Waals surface area (Å²) in [5.74, 6) is 2.02. The highest BCUT2D eigenvalue weighted by Gasteiger charge is 2.45. The number of aromatic hydroxyl groups is 1. The number of aliphatic hydroxyl groups is 1. The molecule has 13 rings (SSSR count). The number of aryl methyl sites for hydroxylation is 2. The number of likely N-dealkylation sites (tertiary alicyclic amines) is 2. The second-order valence-electron chi connectivity index (χ2n) is 25.8. The average Bonchev–Trinajstić information content (AvgIpc) is 3.20. The maximum atomic E-state index is 18.2. The molecule has 448 valence electrons. The van der Waals surface area contributed by atoms with Crippen LogP contribution in [-0.4, -0.2) is 141 Å². The number of phenols is 1. The minimum Gasteiger partial charge on any atom is -0.508 e. The monoisotopic (exact) mass is 1170 g/mol. The van der Waals surface area contributed by atoms with E-state index in [-0.39, 0.29) is 54.2 Å². The van der Waals surface area contributed by atoms with E-state index in [4.69, 9.17) is 14.5 Å². The number of carbonyl (C=O) groups is 2. The Bertz CT molecular complexity index is 3500. The number of nitrogens with one attached hydrogen (secondary N) is 2. The molecule has 4 N–H and O–H groups in total. The van der Waals surface area contributed by atoms with Crippen LogP contribution in [0.25, 0.3) is 38.7 Å². The van der Waals surface area contributed by atoms with E-state index in [9.17, 15) is 19.8 Å². The first-order valence-electron chi connectivity index (χ1n) is 31.4. The van der Waals surface area contributed by atoms with E-state index in [1.165, 1.54) is 4.90 Å². The number of carbonyl (C=O) groups excluding carboxylic acids is 2. The number of piperazine rings is 1. The van der Waals surface area contributed by atoms with Crippen LogP contribution in [0.15, 0.2) is 76.8 Å². The summed E-state index contributed by atoms with van der Waals surface area (Å²) in [5.41, 5.74) is 8.37. The van der Waals surface area contributed by atoms with Crippen molar-refractivity contribution in [2.45, 2.75) is 142 Å². The van der Waals surface area contributed by atoms with Crippen molar-refractivity contribution < 1.29 is 28.7 Å². The Morgan fingerprint density at radius 2 is 1.66 bits per heavy atom. The molecule has 3 aromatic carbocycles. The average molecular weight is 1170 g/mol. The predicted octanol–water partition coefficient (Wildman–Crippen LogP) is 10.5. The lowest BCUT2D eigenvalue weighted by Gasteiger charge is -2.43. The SMILES string of the molecule is CCc1cccc2cc(O)cc(C3=C(F)c4nc(N5CC[C@H](N6CCC(CC7CN(c8cc([C@H](C(=O)N9C[C@H](O)C[C@H]9C(=O)N[C@@H](C)c9ccc(-c%10scnc%10C)cc9)C(C)C)on8)C7)CC6)C5)nc(N5CC6CCC(C5)N6)c4C=CC3CC)c12. The Morgan fingerprint density at radius 1 is 0.882 bits per heavy atom. The van der Waals surface area contributed by atoms with Crippen LogP contribution < -0.4 is 25.3 Å². The topological polar surface area (TPSA) is 180 Å². The van der Waals surface area contributed by atoms with Crippen molar-refractivity contribution in [2.24, 2.45) is 23.7 Å². The Labute approximate surface area is 502 Å². The number of benzene rings is 3. The standard InChI is InChI=1S/C67H82FN11O5S/c1-7-43-10-9-11-47-27-51(80)28-54(59(43)47)60-44(8-2)16-19-53-62(61(60)68)72-67(73-64(53)78-33-48-17-18-49(34-78)71-48)76-25-22-50(35-76)75-23-20-41(21-24-75)26-42-31-77(32-42)57-30-56(84-74-57)58(38(3)4)66(83)79-36-52(81)29-55(79)65(82)70-39(5)45-12-14-46(15-13-45)63-40(6)69-37-85-63/h9-16,19,27-28,30,37-39,41-42,44,48-50,52,55,58,71,80-81H,7-8,17-18,20-26,29,31-36H2,1-6H3,(H,70,82)/t39-,44?,48?,49?,50-,52+,55-,58+/m0/s1. The summed E-state index contributed by atoms with van der Waals surface area (Å²) in [7, 11) is 0. The van der Waals surface area contributed by atoms with E-state index in [0.29, 0.717) is 59.4 Å². The van der Waals surface area contributed by atoms with Gasteiger partial charge in [-0.25, -0.2) is 14.4 Å². The number of piperidine rings is 1. The number of rotatable bonds is 16. The summed E-state index contributed by atoms with van der Waals surface area (Å²) in [6.07, 6.45) is 11.7. The largest absolute Gasteiger partial charge is 0.508 e. The smallest absolute Gasteiger partial charge is 0.243 e.